The van der Waals surface area contributed by atoms with Gasteiger partial charge in [0, 0.05) is 19.1 Å². The maximum atomic E-state index is 11.5. The average Bonchev–Trinajstić information content (AvgIpc) is 3.11. The van der Waals surface area contributed by atoms with Gasteiger partial charge in [-0.25, -0.2) is 4.98 Å². The highest BCUT2D eigenvalue weighted by Gasteiger charge is 2.37. The largest absolute Gasteiger partial charge is 0.364 e. The predicted molar refractivity (Wildman–Crippen MR) is 83.0 cm³/mol. The highest BCUT2D eigenvalue weighted by molar-refractivity contribution is 7.16. The second-order valence-electron chi connectivity index (χ2n) is 5.76. The third-order valence-corrected chi connectivity index (χ3v) is 5.37. The molecule has 6 nitrogen and oxygen atoms in total. The summed E-state index contributed by atoms with van der Waals surface area (Å²) in [6, 6.07) is 4.30. The Morgan fingerprint density at radius 2 is 2.33 bits per heavy atom. The van der Waals surface area contributed by atoms with Crippen molar-refractivity contribution in [2.45, 2.75) is 18.9 Å². The van der Waals surface area contributed by atoms with Crippen LogP contribution in [-0.2, 0) is 0 Å². The normalized spacial score (nSPS) is 25.2. The molecule has 0 aliphatic carbocycles. The van der Waals surface area contributed by atoms with Gasteiger partial charge in [0.1, 0.15) is 5.69 Å². The maximum Gasteiger partial charge on any atom is 0.319 e. The Kier molecular flexibility index (Phi) is 3.04. The molecule has 0 bridgehead atoms. The molecule has 2 fully saturated rings. The molecule has 0 spiro atoms. The van der Waals surface area contributed by atoms with Crippen LogP contribution in [0.5, 0.6) is 0 Å². The first-order valence-electron chi connectivity index (χ1n) is 7.23. The summed E-state index contributed by atoms with van der Waals surface area (Å²) in [5.74, 6) is 0.601. The van der Waals surface area contributed by atoms with Crippen molar-refractivity contribution < 1.29 is 4.92 Å². The molecule has 2 saturated heterocycles. The molecule has 2 atom stereocenters. The number of hydrogen-bond acceptors (Lipinski definition) is 6. The van der Waals surface area contributed by atoms with E-state index in [1.165, 1.54) is 24.2 Å². The number of nitro benzene ring substituents is 1. The molecule has 4 rings (SSSR count). The van der Waals surface area contributed by atoms with Crippen LogP contribution in [-0.4, -0.2) is 35.6 Å². The number of benzene rings is 1. The Balaban J connectivity index is 1.76. The van der Waals surface area contributed by atoms with E-state index >= 15 is 0 Å². The van der Waals surface area contributed by atoms with Crippen LogP contribution in [0.4, 0.5) is 11.4 Å². The number of anilines is 1. The lowest BCUT2D eigenvalue weighted by atomic mass is 9.94. The van der Waals surface area contributed by atoms with Gasteiger partial charge in [0.05, 0.1) is 15.1 Å². The first-order valence-corrected chi connectivity index (χ1v) is 8.11. The van der Waals surface area contributed by atoms with Gasteiger partial charge in [0.25, 0.3) is 0 Å². The first-order chi connectivity index (χ1) is 10.2. The van der Waals surface area contributed by atoms with Gasteiger partial charge in [-0.2, -0.15) is 0 Å². The molecule has 2 aliphatic rings. The van der Waals surface area contributed by atoms with E-state index in [4.69, 9.17) is 0 Å². The summed E-state index contributed by atoms with van der Waals surface area (Å²) in [6.45, 7) is 2.80. The van der Waals surface area contributed by atoms with Gasteiger partial charge in [-0.15, -0.1) is 11.3 Å². The van der Waals surface area contributed by atoms with E-state index in [1.807, 2.05) is 12.1 Å². The quantitative estimate of drug-likeness (QED) is 0.681. The van der Waals surface area contributed by atoms with Crippen molar-refractivity contribution in [3.8, 4) is 0 Å². The Labute approximate surface area is 125 Å². The van der Waals surface area contributed by atoms with Crippen molar-refractivity contribution in [2.24, 2.45) is 5.92 Å². The summed E-state index contributed by atoms with van der Waals surface area (Å²) in [7, 11) is 0. The maximum absolute atomic E-state index is 11.5. The van der Waals surface area contributed by atoms with Gasteiger partial charge in [-0.3, -0.25) is 10.1 Å². The fraction of sp³-hybridized carbons (Fsp3) is 0.500. The molecule has 21 heavy (non-hydrogen) atoms. The minimum absolute atomic E-state index is 0.160. The van der Waals surface area contributed by atoms with Gasteiger partial charge in [0.15, 0.2) is 5.52 Å². The number of nitro groups is 1. The molecule has 1 aromatic carbocycles. The number of nitrogens with one attached hydrogen (secondary N) is 1. The summed E-state index contributed by atoms with van der Waals surface area (Å²) in [6.07, 6.45) is 2.41. The highest BCUT2D eigenvalue weighted by Crippen LogP contribution is 2.39. The molecule has 7 heteroatoms. The van der Waals surface area contributed by atoms with Crippen LogP contribution in [0.25, 0.3) is 10.2 Å². The lowest BCUT2D eigenvalue weighted by molar-refractivity contribution is -0.382. The minimum atomic E-state index is -0.285. The van der Waals surface area contributed by atoms with Crippen molar-refractivity contribution in [3.63, 3.8) is 0 Å². The van der Waals surface area contributed by atoms with Crippen LogP contribution in [0, 0.1) is 16.0 Å². The first kappa shape index (κ1) is 13.0. The number of fused-ring (bicyclic) bond motifs is 2. The predicted octanol–water partition coefficient (Wildman–Crippen LogP) is 2.39. The summed E-state index contributed by atoms with van der Waals surface area (Å²) in [5, 5.41) is 15.1. The lowest BCUT2D eigenvalue weighted by Gasteiger charge is -2.24. The summed E-state index contributed by atoms with van der Waals surface area (Å²) >= 11 is 1.44. The smallest absolute Gasteiger partial charge is 0.319 e. The molecule has 0 saturated carbocycles. The molecular formula is C14H16N4O2S. The van der Waals surface area contributed by atoms with E-state index in [-0.39, 0.29) is 10.6 Å². The molecule has 2 aromatic rings. The summed E-state index contributed by atoms with van der Waals surface area (Å²) in [5.41, 5.74) is 3.07. The van der Waals surface area contributed by atoms with Crippen molar-refractivity contribution >= 4 is 32.9 Å². The highest BCUT2D eigenvalue weighted by atomic mass is 32.1. The summed E-state index contributed by atoms with van der Waals surface area (Å²) < 4.78 is 0.875. The molecule has 0 amide bonds. The average molecular weight is 304 g/mol. The van der Waals surface area contributed by atoms with Gasteiger partial charge in [0.2, 0.25) is 0 Å². The van der Waals surface area contributed by atoms with Gasteiger partial charge in [-0.05, 0) is 37.4 Å². The molecule has 3 heterocycles. The molecule has 1 aromatic heterocycles. The van der Waals surface area contributed by atoms with Crippen LogP contribution < -0.4 is 10.2 Å². The molecule has 2 aliphatic heterocycles. The minimum Gasteiger partial charge on any atom is -0.364 e. The van der Waals surface area contributed by atoms with Crippen molar-refractivity contribution in [3.05, 3.63) is 27.8 Å². The molecule has 1 N–H and O–H groups in total. The van der Waals surface area contributed by atoms with Crippen LogP contribution in [0.2, 0.25) is 0 Å². The number of aromatic nitrogens is 1. The molecular weight excluding hydrogens is 288 g/mol. The van der Waals surface area contributed by atoms with E-state index < -0.39 is 0 Å². The topological polar surface area (TPSA) is 71.3 Å². The molecule has 2 unspecified atom stereocenters. The number of nitrogens with zero attached hydrogens (tertiary/aromatic N) is 3. The van der Waals surface area contributed by atoms with Crippen LogP contribution >= 0.6 is 11.3 Å². The Morgan fingerprint density at radius 1 is 1.43 bits per heavy atom. The number of piperidine rings is 1. The standard InChI is InChI=1S/C14H16N4O2S/c19-18(20)14-11(3-4-12-13(14)16-8-21-12)17-6-9-2-1-5-15-10(9)7-17/h3-4,8-10,15H,1-2,5-7H2. The van der Waals surface area contributed by atoms with E-state index in [1.54, 1.807) is 5.51 Å². The number of hydrogen-bond donors (Lipinski definition) is 1. The van der Waals surface area contributed by atoms with Crippen LogP contribution in [0.1, 0.15) is 12.8 Å². The SMILES string of the molecule is O=[N+]([O-])c1c(N2CC3CCCNC3C2)ccc2scnc12. The Morgan fingerprint density at radius 3 is 3.14 bits per heavy atom. The third-order valence-electron chi connectivity index (χ3n) is 4.58. The zero-order valence-corrected chi connectivity index (χ0v) is 12.3. The fourth-order valence-corrected chi connectivity index (χ4v) is 4.26. The van der Waals surface area contributed by atoms with Gasteiger partial charge >= 0.3 is 5.69 Å². The number of thiazole rings is 1. The van der Waals surface area contributed by atoms with Crippen molar-refractivity contribution in [2.75, 3.05) is 24.5 Å². The molecule has 110 valence electrons. The second-order valence-corrected chi connectivity index (χ2v) is 6.64. The van der Waals surface area contributed by atoms with Crippen LogP contribution in [0.15, 0.2) is 17.6 Å². The zero-order chi connectivity index (χ0) is 14.4. The van der Waals surface area contributed by atoms with Gasteiger partial charge in [-0.1, -0.05) is 0 Å². The summed E-state index contributed by atoms with van der Waals surface area (Å²) in [4.78, 5) is 17.6. The number of rotatable bonds is 2. The van der Waals surface area contributed by atoms with Gasteiger partial charge < -0.3 is 10.2 Å². The monoisotopic (exact) mass is 304 g/mol. The van der Waals surface area contributed by atoms with E-state index in [0.717, 1.165) is 30.0 Å². The second kappa shape index (κ2) is 4.92. The Hall–Kier alpha value is -1.73. The molecule has 0 radical (unpaired) electrons. The van der Waals surface area contributed by atoms with E-state index in [9.17, 15) is 10.1 Å². The zero-order valence-electron chi connectivity index (χ0n) is 11.5. The van der Waals surface area contributed by atoms with Crippen molar-refractivity contribution in [1.82, 2.24) is 10.3 Å². The Bertz CT molecular complexity index is 687. The van der Waals surface area contributed by atoms with E-state index in [0.29, 0.717) is 17.5 Å². The third kappa shape index (κ3) is 2.08. The van der Waals surface area contributed by atoms with Crippen LogP contribution in [0.3, 0.4) is 0 Å². The fourth-order valence-electron chi connectivity index (χ4n) is 3.58. The van der Waals surface area contributed by atoms with E-state index in [2.05, 4.69) is 15.2 Å². The lowest BCUT2D eigenvalue weighted by Crippen LogP contribution is -2.40. The van der Waals surface area contributed by atoms with Crippen molar-refractivity contribution in [1.29, 1.82) is 0 Å².